The van der Waals surface area contributed by atoms with Crippen LogP contribution in [0.1, 0.15) is 36.8 Å². The molecule has 0 N–H and O–H groups in total. The lowest BCUT2D eigenvalue weighted by molar-refractivity contribution is -0.132. The van der Waals surface area contributed by atoms with Crippen molar-refractivity contribution in [3.8, 4) is 10.7 Å². The van der Waals surface area contributed by atoms with Crippen molar-refractivity contribution in [1.29, 1.82) is 0 Å². The number of thiophene rings is 1. The molecule has 0 unspecified atom stereocenters. The van der Waals surface area contributed by atoms with Crippen LogP contribution in [0.5, 0.6) is 0 Å². The number of amides is 1. The number of carbonyl (C=O) groups is 1. The van der Waals surface area contributed by atoms with Gasteiger partial charge in [-0.25, -0.2) is 8.42 Å². The molecule has 0 bridgehead atoms. The molecule has 2 aromatic heterocycles. The van der Waals surface area contributed by atoms with E-state index in [1.54, 1.807) is 11.0 Å². The summed E-state index contributed by atoms with van der Waals surface area (Å²) in [7, 11) is -3.47. The van der Waals surface area contributed by atoms with Gasteiger partial charge in [-0.1, -0.05) is 23.4 Å². The SMILES string of the molecule is CCN(Cc1nc(-c2cccs2)no1)C(=O)CCCN(c1cccc(C)c1C)S(C)(=O)=O. The van der Waals surface area contributed by atoms with Gasteiger partial charge in [-0.05, 0) is 55.8 Å². The highest BCUT2D eigenvalue weighted by Gasteiger charge is 2.21. The van der Waals surface area contributed by atoms with Crippen LogP contribution >= 0.6 is 11.3 Å². The largest absolute Gasteiger partial charge is 0.337 e. The number of sulfonamides is 1. The monoisotopic (exact) mass is 476 g/mol. The maximum atomic E-state index is 12.8. The van der Waals surface area contributed by atoms with Crippen LogP contribution in [0.3, 0.4) is 0 Å². The van der Waals surface area contributed by atoms with Crippen molar-refractivity contribution in [3.05, 3.63) is 52.7 Å². The number of nitrogens with zero attached hydrogens (tertiary/aromatic N) is 4. The first-order valence-corrected chi connectivity index (χ1v) is 13.1. The summed E-state index contributed by atoms with van der Waals surface area (Å²) in [5.74, 6) is 0.797. The van der Waals surface area contributed by atoms with Gasteiger partial charge in [0.2, 0.25) is 27.6 Å². The quantitative estimate of drug-likeness (QED) is 0.439. The van der Waals surface area contributed by atoms with Crippen molar-refractivity contribution in [2.45, 2.75) is 40.2 Å². The van der Waals surface area contributed by atoms with Crippen LogP contribution in [0.25, 0.3) is 10.7 Å². The third-order valence-corrected chi connectivity index (χ3v) is 7.31. The first-order valence-electron chi connectivity index (χ1n) is 10.4. The average Bonchev–Trinajstić information content (AvgIpc) is 3.42. The lowest BCUT2D eigenvalue weighted by atomic mass is 10.1. The summed E-state index contributed by atoms with van der Waals surface area (Å²) in [5, 5.41) is 5.92. The van der Waals surface area contributed by atoms with Crippen LogP contribution in [-0.2, 0) is 21.4 Å². The van der Waals surface area contributed by atoms with Crippen LogP contribution < -0.4 is 4.31 Å². The van der Waals surface area contributed by atoms with E-state index in [4.69, 9.17) is 4.52 Å². The molecule has 0 saturated carbocycles. The minimum atomic E-state index is -3.47. The number of aryl methyl sites for hydroxylation is 1. The fraction of sp³-hybridized carbons (Fsp3) is 0.409. The fourth-order valence-corrected chi connectivity index (χ4v) is 5.03. The molecule has 3 rings (SSSR count). The summed E-state index contributed by atoms with van der Waals surface area (Å²) in [6, 6.07) is 9.41. The third kappa shape index (κ3) is 5.74. The van der Waals surface area contributed by atoms with E-state index in [1.807, 2.05) is 50.4 Å². The molecule has 1 amide bonds. The molecule has 0 fully saturated rings. The van der Waals surface area contributed by atoms with Crippen molar-refractivity contribution in [3.63, 3.8) is 0 Å². The second kappa shape index (κ2) is 10.3. The summed E-state index contributed by atoms with van der Waals surface area (Å²) in [5.41, 5.74) is 2.59. The minimum absolute atomic E-state index is 0.0854. The number of aromatic nitrogens is 2. The molecule has 10 heteroatoms. The molecule has 0 radical (unpaired) electrons. The van der Waals surface area contributed by atoms with Gasteiger partial charge in [-0.15, -0.1) is 11.3 Å². The van der Waals surface area contributed by atoms with Crippen LogP contribution in [0, 0.1) is 13.8 Å². The lowest BCUT2D eigenvalue weighted by Gasteiger charge is -2.25. The second-order valence-corrected chi connectivity index (χ2v) is 10.4. The highest BCUT2D eigenvalue weighted by Crippen LogP contribution is 2.25. The van der Waals surface area contributed by atoms with Crippen LogP contribution in [0.4, 0.5) is 5.69 Å². The molecule has 0 atom stereocenters. The van der Waals surface area contributed by atoms with Gasteiger partial charge in [-0.2, -0.15) is 4.98 Å². The standard InChI is InChI=1S/C22H28N4O4S2/c1-5-25(15-20-23-22(24-30-20)19-11-8-14-31-19)21(27)12-7-13-26(32(4,28)29)18-10-6-9-16(2)17(18)3/h6,8-11,14H,5,7,12-13,15H2,1-4H3. The summed E-state index contributed by atoms with van der Waals surface area (Å²) in [6.07, 6.45) is 1.81. The molecule has 0 aliphatic carbocycles. The van der Waals surface area contributed by atoms with Gasteiger partial charge in [0.05, 0.1) is 23.4 Å². The van der Waals surface area contributed by atoms with Crippen LogP contribution in [-0.4, -0.2) is 48.7 Å². The smallest absolute Gasteiger partial charge is 0.246 e. The van der Waals surface area contributed by atoms with E-state index < -0.39 is 10.0 Å². The number of hydrogen-bond donors (Lipinski definition) is 0. The van der Waals surface area contributed by atoms with Crippen molar-refractivity contribution in [1.82, 2.24) is 15.0 Å². The van der Waals surface area contributed by atoms with Gasteiger partial charge in [-0.3, -0.25) is 9.10 Å². The van der Waals surface area contributed by atoms with Gasteiger partial charge in [0.25, 0.3) is 0 Å². The normalized spacial score (nSPS) is 11.5. The number of rotatable bonds is 10. The Kier molecular flexibility index (Phi) is 7.68. The Morgan fingerprint density at radius 3 is 2.62 bits per heavy atom. The predicted octanol–water partition coefficient (Wildman–Crippen LogP) is 4.01. The number of anilines is 1. The van der Waals surface area contributed by atoms with Gasteiger partial charge in [0.1, 0.15) is 0 Å². The Hall–Kier alpha value is -2.72. The van der Waals surface area contributed by atoms with Gasteiger partial charge >= 0.3 is 0 Å². The highest BCUT2D eigenvalue weighted by molar-refractivity contribution is 7.92. The molecule has 0 aliphatic heterocycles. The Bertz CT molecular complexity index is 1160. The average molecular weight is 477 g/mol. The van der Waals surface area contributed by atoms with Crippen molar-refractivity contribution in [2.75, 3.05) is 23.7 Å². The molecule has 32 heavy (non-hydrogen) atoms. The number of benzene rings is 1. The Morgan fingerprint density at radius 1 is 1.19 bits per heavy atom. The molecule has 0 saturated heterocycles. The van der Waals surface area contributed by atoms with Gasteiger partial charge < -0.3 is 9.42 Å². The van der Waals surface area contributed by atoms with E-state index in [0.717, 1.165) is 16.0 Å². The van der Waals surface area contributed by atoms with Crippen molar-refractivity contribution >= 4 is 33.0 Å². The van der Waals surface area contributed by atoms with Gasteiger partial charge in [0, 0.05) is 19.5 Å². The first kappa shape index (κ1) is 23.9. The number of carbonyl (C=O) groups excluding carboxylic acids is 1. The van der Waals surface area contributed by atoms with E-state index in [9.17, 15) is 13.2 Å². The summed E-state index contributed by atoms with van der Waals surface area (Å²) < 4.78 is 31.5. The summed E-state index contributed by atoms with van der Waals surface area (Å²) in [4.78, 5) is 19.7. The maximum Gasteiger partial charge on any atom is 0.246 e. The molecule has 1 aromatic carbocycles. The molecular formula is C22H28N4O4S2. The fourth-order valence-electron chi connectivity index (χ4n) is 3.37. The van der Waals surface area contributed by atoms with E-state index in [0.29, 0.717) is 30.4 Å². The Labute approximate surface area is 192 Å². The topological polar surface area (TPSA) is 96.6 Å². The van der Waals surface area contributed by atoms with E-state index >= 15 is 0 Å². The zero-order valence-corrected chi connectivity index (χ0v) is 20.4. The predicted molar refractivity (Wildman–Crippen MR) is 126 cm³/mol. The zero-order chi connectivity index (χ0) is 23.3. The van der Waals surface area contributed by atoms with Crippen LogP contribution in [0.15, 0.2) is 40.2 Å². The molecule has 0 spiro atoms. The van der Waals surface area contributed by atoms with Gasteiger partial charge in [0.15, 0.2) is 0 Å². The molecule has 2 heterocycles. The third-order valence-electron chi connectivity index (χ3n) is 5.27. The lowest BCUT2D eigenvalue weighted by Crippen LogP contribution is -2.34. The highest BCUT2D eigenvalue weighted by atomic mass is 32.2. The molecule has 8 nitrogen and oxygen atoms in total. The van der Waals surface area contributed by atoms with Crippen molar-refractivity contribution < 1.29 is 17.7 Å². The zero-order valence-electron chi connectivity index (χ0n) is 18.7. The molecular weight excluding hydrogens is 448 g/mol. The van der Waals surface area contributed by atoms with Crippen molar-refractivity contribution in [2.24, 2.45) is 0 Å². The molecule has 3 aromatic rings. The molecule has 172 valence electrons. The van der Waals surface area contributed by atoms with E-state index in [2.05, 4.69) is 10.1 Å². The van der Waals surface area contributed by atoms with Crippen LogP contribution in [0.2, 0.25) is 0 Å². The Balaban J connectivity index is 1.62. The summed E-state index contributed by atoms with van der Waals surface area (Å²) >= 11 is 1.52. The maximum absolute atomic E-state index is 12.8. The molecule has 0 aliphatic rings. The first-order chi connectivity index (χ1) is 15.2. The van der Waals surface area contributed by atoms with E-state index in [-0.39, 0.29) is 25.4 Å². The Morgan fingerprint density at radius 2 is 1.97 bits per heavy atom. The van der Waals surface area contributed by atoms with E-state index in [1.165, 1.54) is 21.9 Å². The summed E-state index contributed by atoms with van der Waals surface area (Å²) in [6.45, 7) is 6.68. The number of hydrogen-bond acceptors (Lipinski definition) is 7. The minimum Gasteiger partial charge on any atom is -0.337 e. The second-order valence-electron chi connectivity index (χ2n) is 7.55.